The molecule has 1 fully saturated rings. The van der Waals surface area contributed by atoms with Gasteiger partial charge in [0.15, 0.2) is 0 Å². The molecule has 12 heavy (non-hydrogen) atoms. The highest BCUT2D eigenvalue weighted by Crippen LogP contribution is 2.17. The Kier molecular flexibility index (Phi) is 4.62. The van der Waals surface area contributed by atoms with Crippen molar-refractivity contribution in [3.8, 4) is 0 Å². The van der Waals surface area contributed by atoms with E-state index in [-0.39, 0.29) is 0 Å². The van der Waals surface area contributed by atoms with E-state index >= 15 is 0 Å². The number of nitrogens with one attached hydrogen (secondary N) is 2. The average Bonchev–Trinajstić information content (AvgIpc) is 2.09. The van der Waals surface area contributed by atoms with E-state index in [4.69, 9.17) is 0 Å². The average molecular weight is 170 g/mol. The normalized spacial score (nSPS) is 30.5. The molecule has 1 aliphatic rings. The van der Waals surface area contributed by atoms with Crippen molar-refractivity contribution in [2.24, 2.45) is 5.92 Å². The lowest BCUT2D eigenvalue weighted by Gasteiger charge is -2.32. The predicted octanol–water partition coefficient (Wildman–Crippen LogP) is 1.37. The van der Waals surface area contributed by atoms with E-state index in [2.05, 4.69) is 24.5 Å². The van der Waals surface area contributed by atoms with Crippen LogP contribution in [0.15, 0.2) is 0 Å². The topological polar surface area (TPSA) is 24.1 Å². The molecule has 0 bridgehead atoms. The lowest BCUT2D eigenvalue weighted by atomic mass is 9.89. The maximum atomic E-state index is 3.56. The molecule has 1 aliphatic heterocycles. The van der Waals surface area contributed by atoms with E-state index in [0.717, 1.165) is 18.5 Å². The fraction of sp³-hybridized carbons (Fsp3) is 1.00. The summed E-state index contributed by atoms with van der Waals surface area (Å²) in [4.78, 5) is 0. The summed E-state index contributed by atoms with van der Waals surface area (Å²) in [5.41, 5.74) is 0. The Balaban J connectivity index is 2.31. The fourth-order valence-electron chi connectivity index (χ4n) is 2.13. The van der Waals surface area contributed by atoms with E-state index < -0.39 is 0 Å². The first-order valence-corrected chi connectivity index (χ1v) is 5.32. The molecule has 1 saturated heterocycles. The van der Waals surface area contributed by atoms with Crippen molar-refractivity contribution in [2.45, 2.75) is 39.2 Å². The molecule has 2 heteroatoms. The molecule has 2 atom stereocenters. The molecular weight excluding hydrogens is 148 g/mol. The van der Waals surface area contributed by atoms with E-state index in [1.54, 1.807) is 0 Å². The molecule has 0 aromatic heterocycles. The molecule has 0 aliphatic carbocycles. The molecule has 2 N–H and O–H groups in total. The summed E-state index contributed by atoms with van der Waals surface area (Å²) in [5, 5.41) is 7.00. The van der Waals surface area contributed by atoms with E-state index in [0.29, 0.717) is 0 Å². The second-order valence-corrected chi connectivity index (χ2v) is 3.71. The SMILES string of the molecule is CCC[C@@H]1CCNC[C@H]1NCC. The lowest BCUT2D eigenvalue weighted by Crippen LogP contribution is -2.48. The first-order valence-electron chi connectivity index (χ1n) is 5.32. The Morgan fingerprint density at radius 1 is 1.42 bits per heavy atom. The first-order chi connectivity index (χ1) is 5.88. The summed E-state index contributed by atoms with van der Waals surface area (Å²) in [5.74, 6) is 0.913. The quantitative estimate of drug-likeness (QED) is 0.666. The minimum atomic E-state index is 0.726. The lowest BCUT2D eigenvalue weighted by molar-refractivity contribution is 0.266. The van der Waals surface area contributed by atoms with Crippen LogP contribution in [-0.4, -0.2) is 25.7 Å². The Bertz CT molecular complexity index is 96.4. The standard InChI is InChI=1S/C10H22N2/c1-3-5-9-6-7-11-8-10(9)12-4-2/h9-12H,3-8H2,1-2H3/t9-,10-/m1/s1. The van der Waals surface area contributed by atoms with Gasteiger partial charge in [0, 0.05) is 12.6 Å². The molecule has 0 amide bonds. The zero-order valence-corrected chi connectivity index (χ0v) is 8.40. The number of piperidine rings is 1. The largest absolute Gasteiger partial charge is 0.315 e. The molecule has 0 spiro atoms. The van der Waals surface area contributed by atoms with Crippen LogP contribution in [0.1, 0.15) is 33.1 Å². The monoisotopic (exact) mass is 170 g/mol. The van der Waals surface area contributed by atoms with Crippen molar-refractivity contribution < 1.29 is 0 Å². The molecule has 2 nitrogen and oxygen atoms in total. The second-order valence-electron chi connectivity index (χ2n) is 3.71. The summed E-state index contributed by atoms with van der Waals surface area (Å²) in [6, 6.07) is 0.726. The minimum absolute atomic E-state index is 0.726. The van der Waals surface area contributed by atoms with Crippen LogP contribution in [0.5, 0.6) is 0 Å². The predicted molar refractivity (Wildman–Crippen MR) is 53.3 cm³/mol. The number of hydrogen-bond donors (Lipinski definition) is 2. The van der Waals surface area contributed by atoms with Crippen LogP contribution in [0, 0.1) is 5.92 Å². The first kappa shape index (κ1) is 10.0. The zero-order chi connectivity index (χ0) is 8.81. The third-order valence-electron chi connectivity index (χ3n) is 2.75. The Labute approximate surface area is 76.1 Å². The summed E-state index contributed by atoms with van der Waals surface area (Å²) in [6.07, 6.45) is 4.07. The smallest absolute Gasteiger partial charge is 0.0221 e. The summed E-state index contributed by atoms with van der Waals surface area (Å²) in [6.45, 7) is 7.96. The Morgan fingerprint density at radius 3 is 2.92 bits per heavy atom. The maximum Gasteiger partial charge on any atom is 0.0221 e. The van der Waals surface area contributed by atoms with Crippen molar-refractivity contribution in [1.82, 2.24) is 10.6 Å². The van der Waals surface area contributed by atoms with Gasteiger partial charge >= 0.3 is 0 Å². The van der Waals surface area contributed by atoms with Crippen LogP contribution < -0.4 is 10.6 Å². The third-order valence-corrected chi connectivity index (χ3v) is 2.75. The van der Waals surface area contributed by atoms with Crippen LogP contribution in [0.25, 0.3) is 0 Å². The Hall–Kier alpha value is -0.0800. The summed E-state index contributed by atoms with van der Waals surface area (Å²) in [7, 11) is 0. The van der Waals surface area contributed by atoms with Gasteiger partial charge in [-0.15, -0.1) is 0 Å². The van der Waals surface area contributed by atoms with Gasteiger partial charge in [-0.3, -0.25) is 0 Å². The molecular formula is C10H22N2. The molecule has 1 rings (SSSR count). The summed E-state index contributed by atoms with van der Waals surface area (Å²) >= 11 is 0. The number of likely N-dealkylation sites (N-methyl/N-ethyl adjacent to an activating group) is 1. The van der Waals surface area contributed by atoms with Crippen LogP contribution in [0.3, 0.4) is 0 Å². The highest BCUT2D eigenvalue weighted by Gasteiger charge is 2.22. The number of hydrogen-bond acceptors (Lipinski definition) is 2. The summed E-state index contributed by atoms with van der Waals surface area (Å²) < 4.78 is 0. The van der Waals surface area contributed by atoms with Crippen molar-refractivity contribution >= 4 is 0 Å². The van der Waals surface area contributed by atoms with Gasteiger partial charge in [-0.25, -0.2) is 0 Å². The van der Waals surface area contributed by atoms with Gasteiger partial charge in [-0.05, 0) is 31.8 Å². The molecule has 0 aromatic carbocycles. The van der Waals surface area contributed by atoms with Crippen LogP contribution in [-0.2, 0) is 0 Å². The van der Waals surface area contributed by atoms with Gasteiger partial charge in [-0.2, -0.15) is 0 Å². The van der Waals surface area contributed by atoms with Crippen LogP contribution in [0.2, 0.25) is 0 Å². The second kappa shape index (κ2) is 5.55. The molecule has 0 saturated carbocycles. The van der Waals surface area contributed by atoms with E-state index in [1.165, 1.54) is 32.4 Å². The zero-order valence-electron chi connectivity index (χ0n) is 8.40. The highest BCUT2D eigenvalue weighted by molar-refractivity contribution is 4.82. The van der Waals surface area contributed by atoms with Gasteiger partial charge in [-0.1, -0.05) is 20.3 Å². The minimum Gasteiger partial charge on any atom is -0.315 e. The van der Waals surface area contributed by atoms with Gasteiger partial charge < -0.3 is 10.6 Å². The van der Waals surface area contributed by atoms with Crippen molar-refractivity contribution in [2.75, 3.05) is 19.6 Å². The van der Waals surface area contributed by atoms with Crippen LogP contribution in [0.4, 0.5) is 0 Å². The van der Waals surface area contributed by atoms with Crippen molar-refractivity contribution in [3.63, 3.8) is 0 Å². The third kappa shape index (κ3) is 2.76. The van der Waals surface area contributed by atoms with Crippen molar-refractivity contribution in [1.29, 1.82) is 0 Å². The Morgan fingerprint density at radius 2 is 2.25 bits per heavy atom. The molecule has 0 aromatic rings. The van der Waals surface area contributed by atoms with Gasteiger partial charge in [0.05, 0.1) is 0 Å². The van der Waals surface area contributed by atoms with Gasteiger partial charge in [0.1, 0.15) is 0 Å². The van der Waals surface area contributed by atoms with Gasteiger partial charge in [0.2, 0.25) is 0 Å². The van der Waals surface area contributed by atoms with E-state index in [9.17, 15) is 0 Å². The molecule has 0 radical (unpaired) electrons. The molecule has 1 heterocycles. The molecule has 0 unspecified atom stereocenters. The van der Waals surface area contributed by atoms with Crippen molar-refractivity contribution in [3.05, 3.63) is 0 Å². The fourth-order valence-corrected chi connectivity index (χ4v) is 2.13. The van der Waals surface area contributed by atoms with Gasteiger partial charge in [0.25, 0.3) is 0 Å². The maximum absolute atomic E-state index is 3.56. The highest BCUT2D eigenvalue weighted by atomic mass is 15.0. The van der Waals surface area contributed by atoms with E-state index in [1.807, 2.05) is 0 Å². The molecule has 72 valence electrons. The van der Waals surface area contributed by atoms with Crippen LogP contribution >= 0.6 is 0 Å². The number of rotatable bonds is 4.